The summed E-state index contributed by atoms with van der Waals surface area (Å²) in [5.41, 5.74) is 1.97. The molecule has 0 aliphatic carbocycles. The van der Waals surface area contributed by atoms with Gasteiger partial charge in [0.15, 0.2) is 0 Å². The van der Waals surface area contributed by atoms with E-state index in [1.807, 2.05) is 86.6 Å². The van der Waals surface area contributed by atoms with Crippen LogP contribution < -0.4 is 9.47 Å². The molecule has 3 aromatic carbocycles. The SMILES string of the molecule is Cc1cc(OCC(C)C)ccc1/C(O)=C1\C(=O)C(=O)N(CCN(C)C)C1c1cccc(Oc2ccccc2)c1.Cl. The van der Waals surface area contributed by atoms with Crippen LogP contribution in [0.2, 0.25) is 0 Å². The van der Waals surface area contributed by atoms with Crippen LogP contribution in [-0.4, -0.2) is 60.4 Å². The smallest absolute Gasteiger partial charge is 0.295 e. The third-order valence-corrected chi connectivity index (χ3v) is 6.52. The number of Topliss-reactive ketones (excluding diaryl/α,β-unsaturated/α-hetero) is 1. The fourth-order valence-corrected chi connectivity index (χ4v) is 4.54. The van der Waals surface area contributed by atoms with Crippen LogP contribution in [0, 0.1) is 12.8 Å². The van der Waals surface area contributed by atoms with Crippen LogP contribution >= 0.6 is 12.4 Å². The number of likely N-dealkylation sites (N-methyl/N-ethyl adjacent to an activating group) is 1. The van der Waals surface area contributed by atoms with Crippen LogP contribution in [0.1, 0.15) is 36.6 Å². The first-order chi connectivity index (χ1) is 18.7. The maximum absolute atomic E-state index is 13.4. The summed E-state index contributed by atoms with van der Waals surface area (Å²) in [6, 6.07) is 21.3. The van der Waals surface area contributed by atoms with Crippen LogP contribution in [0.4, 0.5) is 0 Å². The molecule has 1 N–H and O–H groups in total. The summed E-state index contributed by atoms with van der Waals surface area (Å²) in [6.07, 6.45) is 0. The van der Waals surface area contributed by atoms with Gasteiger partial charge in [-0.15, -0.1) is 12.4 Å². The van der Waals surface area contributed by atoms with Crippen molar-refractivity contribution < 1.29 is 24.2 Å². The molecule has 0 aromatic heterocycles. The van der Waals surface area contributed by atoms with E-state index < -0.39 is 17.7 Å². The van der Waals surface area contributed by atoms with Crippen LogP contribution in [0.25, 0.3) is 5.76 Å². The Hall–Kier alpha value is -3.81. The number of benzene rings is 3. The van der Waals surface area contributed by atoms with Crippen LogP contribution in [0.3, 0.4) is 0 Å². The van der Waals surface area contributed by atoms with E-state index in [1.54, 1.807) is 12.1 Å². The van der Waals surface area contributed by atoms with Crippen LogP contribution in [0.5, 0.6) is 17.2 Å². The Morgan fingerprint density at radius 1 is 0.950 bits per heavy atom. The molecule has 1 saturated heterocycles. The van der Waals surface area contributed by atoms with Crippen LogP contribution in [-0.2, 0) is 9.59 Å². The number of aryl methyl sites for hydroxylation is 1. The molecule has 1 aliphatic heterocycles. The summed E-state index contributed by atoms with van der Waals surface area (Å²) in [5, 5.41) is 11.5. The van der Waals surface area contributed by atoms with E-state index in [-0.39, 0.29) is 23.7 Å². The van der Waals surface area contributed by atoms with E-state index in [9.17, 15) is 14.7 Å². The molecule has 1 heterocycles. The third kappa shape index (κ3) is 7.03. The monoisotopic (exact) mass is 564 g/mol. The lowest BCUT2D eigenvalue weighted by atomic mass is 9.93. The molecule has 0 spiro atoms. The number of ether oxygens (including phenoxy) is 2. The lowest BCUT2D eigenvalue weighted by molar-refractivity contribution is -0.140. The maximum Gasteiger partial charge on any atom is 0.295 e. The van der Waals surface area contributed by atoms with Gasteiger partial charge in [-0.1, -0.05) is 44.2 Å². The normalized spacial score (nSPS) is 16.4. The fourth-order valence-electron chi connectivity index (χ4n) is 4.54. The van der Waals surface area contributed by atoms with E-state index in [0.29, 0.717) is 54.0 Å². The minimum atomic E-state index is -0.763. The van der Waals surface area contributed by atoms with Gasteiger partial charge < -0.3 is 24.4 Å². The average molecular weight is 565 g/mol. The van der Waals surface area contributed by atoms with Crippen molar-refractivity contribution in [2.45, 2.75) is 26.8 Å². The van der Waals surface area contributed by atoms with Crippen molar-refractivity contribution in [3.8, 4) is 17.2 Å². The molecule has 1 amide bonds. The highest BCUT2D eigenvalue weighted by molar-refractivity contribution is 6.46. The van der Waals surface area contributed by atoms with E-state index >= 15 is 0 Å². The molecule has 1 aliphatic rings. The van der Waals surface area contributed by atoms with Gasteiger partial charge in [-0.3, -0.25) is 9.59 Å². The van der Waals surface area contributed by atoms with E-state index in [2.05, 4.69) is 13.8 Å². The largest absolute Gasteiger partial charge is 0.507 e. The summed E-state index contributed by atoms with van der Waals surface area (Å²) < 4.78 is 11.9. The molecular weight excluding hydrogens is 528 g/mol. The van der Waals surface area contributed by atoms with Crippen molar-refractivity contribution in [3.05, 3.63) is 95.1 Å². The highest BCUT2D eigenvalue weighted by Gasteiger charge is 2.46. The number of halogens is 1. The highest BCUT2D eigenvalue weighted by atomic mass is 35.5. The molecule has 212 valence electrons. The second-order valence-corrected chi connectivity index (χ2v) is 10.5. The van der Waals surface area contributed by atoms with Crippen LogP contribution in [0.15, 0.2) is 78.4 Å². The Kier molecular flexibility index (Phi) is 10.4. The number of likely N-dealkylation sites (tertiary alicyclic amines) is 1. The lowest BCUT2D eigenvalue weighted by Crippen LogP contribution is -2.35. The van der Waals surface area contributed by atoms with Crippen molar-refractivity contribution in [1.82, 2.24) is 9.80 Å². The molecule has 0 bridgehead atoms. The second kappa shape index (κ2) is 13.5. The van der Waals surface area contributed by atoms with E-state index in [4.69, 9.17) is 9.47 Å². The lowest BCUT2D eigenvalue weighted by Gasteiger charge is -2.27. The zero-order valence-corrected chi connectivity index (χ0v) is 24.4. The first-order valence-corrected chi connectivity index (χ1v) is 13.2. The Balaban J connectivity index is 0.00000441. The number of amides is 1. The topological polar surface area (TPSA) is 79.3 Å². The van der Waals surface area contributed by atoms with Crippen molar-refractivity contribution >= 4 is 29.9 Å². The molecule has 0 saturated carbocycles. The summed E-state index contributed by atoms with van der Waals surface area (Å²) in [5.74, 6) is 0.765. The van der Waals surface area contributed by atoms with Gasteiger partial charge in [0.05, 0.1) is 18.2 Å². The minimum Gasteiger partial charge on any atom is -0.507 e. The van der Waals surface area contributed by atoms with Gasteiger partial charge in [-0.25, -0.2) is 0 Å². The molecule has 1 atom stereocenters. The number of hydrogen-bond acceptors (Lipinski definition) is 6. The van der Waals surface area contributed by atoms with Gasteiger partial charge in [-0.2, -0.15) is 0 Å². The Morgan fingerprint density at radius 2 is 1.65 bits per heavy atom. The predicted molar refractivity (Wildman–Crippen MR) is 159 cm³/mol. The van der Waals surface area contributed by atoms with Crippen molar-refractivity contribution in [2.75, 3.05) is 33.8 Å². The first kappa shape index (κ1) is 30.7. The molecule has 3 aromatic rings. The van der Waals surface area contributed by atoms with Crippen molar-refractivity contribution in [2.24, 2.45) is 5.92 Å². The fraction of sp³-hybridized carbons (Fsp3) is 0.312. The molecule has 8 heteroatoms. The van der Waals surface area contributed by atoms with Gasteiger partial charge in [0.1, 0.15) is 23.0 Å². The summed E-state index contributed by atoms with van der Waals surface area (Å²) in [7, 11) is 3.82. The number of para-hydroxylation sites is 1. The van der Waals surface area contributed by atoms with Gasteiger partial charge >= 0.3 is 0 Å². The number of rotatable bonds is 10. The molecule has 4 rings (SSSR count). The van der Waals surface area contributed by atoms with Gasteiger partial charge in [-0.05, 0) is 80.5 Å². The van der Waals surface area contributed by atoms with Crippen molar-refractivity contribution in [1.29, 1.82) is 0 Å². The number of ketones is 1. The van der Waals surface area contributed by atoms with Gasteiger partial charge in [0.25, 0.3) is 11.7 Å². The van der Waals surface area contributed by atoms with E-state index in [0.717, 1.165) is 5.56 Å². The number of aliphatic hydroxyl groups is 1. The number of aliphatic hydroxyl groups excluding tert-OH is 1. The zero-order chi connectivity index (χ0) is 28.1. The quantitative estimate of drug-likeness (QED) is 0.179. The highest BCUT2D eigenvalue weighted by Crippen LogP contribution is 2.41. The third-order valence-electron chi connectivity index (χ3n) is 6.52. The molecule has 1 fully saturated rings. The maximum atomic E-state index is 13.4. The zero-order valence-electron chi connectivity index (χ0n) is 23.6. The second-order valence-electron chi connectivity index (χ2n) is 10.5. The van der Waals surface area contributed by atoms with E-state index in [1.165, 1.54) is 4.90 Å². The number of carbonyl (C=O) groups is 2. The Morgan fingerprint density at radius 3 is 2.30 bits per heavy atom. The number of hydrogen-bond donors (Lipinski definition) is 1. The number of carbonyl (C=O) groups excluding carboxylic acids is 2. The Bertz CT molecular complexity index is 1370. The van der Waals surface area contributed by atoms with Gasteiger partial charge in [0.2, 0.25) is 0 Å². The summed E-state index contributed by atoms with van der Waals surface area (Å²) in [6.45, 7) is 7.45. The minimum absolute atomic E-state index is 0. The average Bonchev–Trinajstić information content (AvgIpc) is 3.16. The standard InChI is InChI=1S/C32H36N2O5.ClH/c1-21(2)20-38-25-14-15-27(22(3)18-25)30(35)28-29(34(17-16-33(4)5)32(37)31(28)36)23-10-9-13-26(19-23)39-24-11-7-6-8-12-24;/h6-15,18-19,21,29,35H,16-17,20H2,1-5H3;1H/b30-28+;. The molecule has 0 radical (unpaired) electrons. The molecule has 1 unspecified atom stereocenters. The molecule has 40 heavy (non-hydrogen) atoms. The number of nitrogens with zero attached hydrogens (tertiary/aromatic N) is 2. The molecule has 7 nitrogen and oxygen atoms in total. The van der Waals surface area contributed by atoms with Gasteiger partial charge in [0, 0.05) is 18.7 Å². The predicted octanol–water partition coefficient (Wildman–Crippen LogP) is 6.23. The first-order valence-electron chi connectivity index (χ1n) is 13.2. The summed E-state index contributed by atoms with van der Waals surface area (Å²) >= 11 is 0. The van der Waals surface area contributed by atoms with Crippen molar-refractivity contribution in [3.63, 3.8) is 0 Å². The molecular formula is C32H37ClN2O5. The Labute approximate surface area is 242 Å². The summed E-state index contributed by atoms with van der Waals surface area (Å²) in [4.78, 5) is 30.2.